The number of carbonyl (C=O) groups excluding carboxylic acids is 2. The van der Waals surface area contributed by atoms with Gasteiger partial charge < -0.3 is 26.0 Å². The maximum Gasteiger partial charge on any atom is 0.321 e. The normalized spacial score (nSPS) is 15.7. The van der Waals surface area contributed by atoms with Crippen LogP contribution >= 0.6 is 11.3 Å². The minimum absolute atomic E-state index is 0.0430. The van der Waals surface area contributed by atoms with Gasteiger partial charge >= 0.3 is 6.03 Å². The Kier molecular flexibility index (Phi) is 12.4. The highest BCUT2D eigenvalue weighted by Gasteiger charge is 2.44. The number of hydrogen-bond donors (Lipinski definition) is 3. The molecule has 1 aliphatic rings. The molecule has 1 unspecified atom stereocenters. The number of nitrogen functional groups attached to an aromatic ring is 1. The number of carbonyl (C=O) groups is 2. The van der Waals surface area contributed by atoms with Crippen LogP contribution in [0.3, 0.4) is 0 Å². The van der Waals surface area contributed by atoms with Crippen molar-refractivity contribution in [3.05, 3.63) is 95.8 Å². The Hall–Kier alpha value is -4.37. The number of sulfonamides is 1. The number of amides is 3. The zero-order valence-electron chi connectivity index (χ0n) is 30.3. The lowest BCUT2D eigenvalue weighted by Gasteiger charge is -2.38. The SMILES string of the molecule is CC(C)CN(C[C@@H](O)[C@H](Cc1ccccc1)NC(=O)C(N1CCN(Cc2csc(-c3cccnc3)n2)C1=O)C(C)(C)C)S(=O)(=O)c1ccc(N)cc1. The van der Waals surface area contributed by atoms with Crippen LogP contribution in [0.4, 0.5) is 10.5 Å². The Balaban J connectivity index is 1.36. The molecule has 1 fully saturated rings. The fourth-order valence-corrected chi connectivity index (χ4v) is 8.83. The van der Waals surface area contributed by atoms with E-state index in [1.54, 1.807) is 22.2 Å². The molecular formula is C38H49N7O5S2. The van der Waals surface area contributed by atoms with Crippen molar-refractivity contribution in [2.75, 3.05) is 31.9 Å². The third-order valence-electron chi connectivity index (χ3n) is 8.89. The van der Waals surface area contributed by atoms with Crippen LogP contribution < -0.4 is 11.1 Å². The summed E-state index contributed by atoms with van der Waals surface area (Å²) in [6.45, 7) is 10.5. The molecule has 1 saturated heterocycles. The molecule has 4 N–H and O–H groups in total. The zero-order chi connectivity index (χ0) is 37.6. The molecule has 0 aliphatic carbocycles. The quantitative estimate of drug-likeness (QED) is 0.145. The van der Waals surface area contributed by atoms with Gasteiger partial charge in [0, 0.05) is 55.2 Å². The van der Waals surface area contributed by atoms with Crippen LogP contribution in [-0.2, 0) is 27.8 Å². The van der Waals surface area contributed by atoms with Crippen LogP contribution in [0.25, 0.3) is 10.6 Å². The number of benzene rings is 2. The Bertz CT molecular complexity index is 1900. The highest BCUT2D eigenvalue weighted by atomic mass is 32.2. The third-order valence-corrected chi connectivity index (χ3v) is 11.7. The number of urea groups is 1. The molecule has 0 spiro atoms. The average molecular weight is 748 g/mol. The number of thiazole rings is 1. The molecule has 2 aromatic carbocycles. The Morgan fingerprint density at radius 2 is 1.75 bits per heavy atom. The molecule has 0 radical (unpaired) electrons. The summed E-state index contributed by atoms with van der Waals surface area (Å²) in [4.78, 5) is 40.5. The highest BCUT2D eigenvalue weighted by Crippen LogP contribution is 2.30. The van der Waals surface area contributed by atoms with E-state index >= 15 is 0 Å². The van der Waals surface area contributed by atoms with Gasteiger partial charge in [0.15, 0.2) is 0 Å². The number of rotatable bonds is 15. The molecule has 3 heterocycles. The fourth-order valence-electron chi connectivity index (χ4n) is 6.40. The van der Waals surface area contributed by atoms with E-state index in [0.29, 0.717) is 25.3 Å². The van der Waals surface area contributed by atoms with Crippen molar-refractivity contribution in [2.45, 2.75) is 70.7 Å². The van der Waals surface area contributed by atoms with Crippen LogP contribution in [0.15, 0.2) is 89.4 Å². The first-order valence-corrected chi connectivity index (χ1v) is 19.7. The number of hydrogen-bond acceptors (Lipinski definition) is 9. The zero-order valence-corrected chi connectivity index (χ0v) is 32.0. The van der Waals surface area contributed by atoms with E-state index in [9.17, 15) is 23.1 Å². The number of nitrogens with two attached hydrogens (primary N) is 1. The van der Waals surface area contributed by atoms with Gasteiger partial charge in [0.05, 0.1) is 29.3 Å². The summed E-state index contributed by atoms with van der Waals surface area (Å²) >= 11 is 1.48. The lowest BCUT2D eigenvalue weighted by Crippen LogP contribution is -2.59. The van der Waals surface area contributed by atoms with Gasteiger partial charge in [-0.3, -0.25) is 9.78 Å². The molecule has 1 aliphatic heterocycles. The first-order valence-electron chi connectivity index (χ1n) is 17.4. The first kappa shape index (κ1) is 38.9. The van der Waals surface area contributed by atoms with Crippen LogP contribution in [0.2, 0.25) is 0 Å². The summed E-state index contributed by atoms with van der Waals surface area (Å²) in [5.74, 6) is -0.467. The summed E-state index contributed by atoms with van der Waals surface area (Å²) in [5.41, 5.74) is 8.09. The maximum absolute atomic E-state index is 14.4. The van der Waals surface area contributed by atoms with E-state index in [2.05, 4.69) is 10.3 Å². The van der Waals surface area contributed by atoms with Gasteiger partial charge in [-0.1, -0.05) is 65.0 Å². The minimum Gasteiger partial charge on any atom is -0.399 e. The van der Waals surface area contributed by atoms with Crippen molar-refractivity contribution >= 4 is 39.0 Å². The summed E-state index contributed by atoms with van der Waals surface area (Å²) in [6.07, 6.45) is 2.42. The molecule has 2 aromatic heterocycles. The Morgan fingerprint density at radius 3 is 2.38 bits per heavy atom. The monoisotopic (exact) mass is 747 g/mol. The molecule has 0 saturated carbocycles. The number of aliphatic hydroxyl groups is 1. The summed E-state index contributed by atoms with van der Waals surface area (Å²) < 4.78 is 28.9. The number of aromatic nitrogens is 2. The van der Waals surface area contributed by atoms with E-state index in [1.165, 1.54) is 39.9 Å². The van der Waals surface area contributed by atoms with Crippen LogP contribution in [0.5, 0.6) is 0 Å². The van der Waals surface area contributed by atoms with Gasteiger partial charge in [-0.15, -0.1) is 11.3 Å². The van der Waals surface area contributed by atoms with Crippen molar-refractivity contribution in [3.8, 4) is 10.6 Å². The fraction of sp³-hybridized carbons (Fsp3) is 0.421. The second-order valence-corrected chi connectivity index (χ2v) is 17.5. The van der Waals surface area contributed by atoms with Crippen molar-refractivity contribution in [1.29, 1.82) is 0 Å². The Labute approximate surface area is 310 Å². The smallest absolute Gasteiger partial charge is 0.321 e. The van der Waals surface area contributed by atoms with Gasteiger partial charge in [-0.05, 0) is 59.7 Å². The summed E-state index contributed by atoms with van der Waals surface area (Å²) in [6, 6.07) is 17.1. The molecule has 0 bridgehead atoms. The molecule has 3 atom stereocenters. The van der Waals surface area contributed by atoms with E-state index in [-0.39, 0.29) is 36.4 Å². The lowest BCUT2D eigenvalue weighted by atomic mass is 9.84. The van der Waals surface area contributed by atoms with Gasteiger partial charge in [-0.2, -0.15) is 4.31 Å². The number of anilines is 1. The second kappa shape index (κ2) is 16.5. The summed E-state index contributed by atoms with van der Waals surface area (Å²) in [7, 11) is -4.01. The highest BCUT2D eigenvalue weighted by molar-refractivity contribution is 7.89. The second-order valence-electron chi connectivity index (χ2n) is 14.7. The summed E-state index contributed by atoms with van der Waals surface area (Å²) in [5, 5.41) is 17.6. The van der Waals surface area contributed by atoms with Crippen LogP contribution in [0, 0.1) is 11.3 Å². The van der Waals surface area contributed by atoms with Gasteiger partial charge in [0.2, 0.25) is 15.9 Å². The first-order chi connectivity index (χ1) is 24.6. The third kappa shape index (κ3) is 9.54. The predicted molar refractivity (Wildman–Crippen MR) is 204 cm³/mol. The molecular weight excluding hydrogens is 699 g/mol. The average Bonchev–Trinajstić information content (AvgIpc) is 3.71. The molecule has 5 rings (SSSR count). The molecule has 12 nitrogen and oxygen atoms in total. The van der Waals surface area contributed by atoms with Gasteiger partial charge in [-0.25, -0.2) is 18.2 Å². The number of aliphatic hydroxyl groups excluding tert-OH is 1. The van der Waals surface area contributed by atoms with Crippen molar-refractivity contribution in [2.24, 2.45) is 11.3 Å². The largest absolute Gasteiger partial charge is 0.399 e. The molecule has 4 aromatic rings. The van der Waals surface area contributed by atoms with Crippen LogP contribution in [-0.4, -0.2) is 93.9 Å². The predicted octanol–water partition coefficient (Wildman–Crippen LogP) is 4.87. The molecule has 3 amide bonds. The van der Waals surface area contributed by atoms with Gasteiger partial charge in [0.1, 0.15) is 11.0 Å². The van der Waals surface area contributed by atoms with Gasteiger partial charge in [0.25, 0.3) is 0 Å². The minimum atomic E-state index is -4.01. The van der Waals surface area contributed by atoms with E-state index < -0.39 is 39.5 Å². The van der Waals surface area contributed by atoms with E-state index in [1.807, 2.05) is 82.5 Å². The molecule has 52 heavy (non-hydrogen) atoms. The van der Waals surface area contributed by atoms with E-state index in [4.69, 9.17) is 10.7 Å². The van der Waals surface area contributed by atoms with Crippen molar-refractivity contribution in [3.63, 3.8) is 0 Å². The Morgan fingerprint density at radius 1 is 1.04 bits per heavy atom. The topological polar surface area (TPSA) is 162 Å². The van der Waals surface area contributed by atoms with Crippen molar-refractivity contribution in [1.82, 2.24) is 29.4 Å². The van der Waals surface area contributed by atoms with Crippen molar-refractivity contribution < 1.29 is 23.1 Å². The number of pyridine rings is 1. The number of nitrogens with one attached hydrogen (secondary N) is 1. The number of nitrogens with zero attached hydrogens (tertiary/aromatic N) is 5. The molecule has 14 heteroatoms. The van der Waals surface area contributed by atoms with E-state index in [0.717, 1.165) is 21.8 Å². The van der Waals surface area contributed by atoms with Crippen LogP contribution in [0.1, 0.15) is 45.9 Å². The standard InChI is InChI=1S/C38H49N7O5S2/c1-26(2)22-44(52(49,50)31-15-13-29(39)14-16-31)24-33(46)32(20-27-10-7-6-8-11-27)42-35(47)34(38(3,4)5)45-19-18-43(37(45)48)23-30-25-51-36(41-30)28-12-9-17-40-21-28/h6-17,21,25-26,32-34,46H,18-20,22-24,39H2,1-5H3,(H,42,47)/t32-,33+,34?/m0/s1. The lowest BCUT2D eigenvalue weighted by molar-refractivity contribution is -0.130. The maximum atomic E-state index is 14.4. The molecule has 278 valence electrons.